The fourth-order valence-corrected chi connectivity index (χ4v) is 3.97. The van der Waals surface area contributed by atoms with Crippen molar-refractivity contribution in [3.63, 3.8) is 0 Å². The average Bonchev–Trinajstić information content (AvgIpc) is 3.37. The molecule has 0 bridgehead atoms. The number of nitrogens with two attached hydrogens (primary N) is 1. The van der Waals surface area contributed by atoms with Crippen molar-refractivity contribution in [2.45, 2.75) is 31.7 Å². The Morgan fingerprint density at radius 2 is 2.00 bits per heavy atom. The Bertz CT molecular complexity index is 1200. The smallest absolute Gasteiger partial charge is 0.261 e. The van der Waals surface area contributed by atoms with Crippen LogP contribution in [-0.4, -0.2) is 43.6 Å². The zero-order valence-corrected chi connectivity index (χ0v) is 18.1. The van der Waals surface area contributed by atoms with Crippen LogP contribution in [0.2, 0.25) is 0 Å². The standard InChI is InChI=1S/C23H25N7O2/c1-23(17-4-5-17,18-6-7-19(25-13-18)15-3-8-20(24)26-11-15)22-28-21(32-29-22)16-12-27-30(14-16)9-10-31-2/h3,6-8,11-14,17H,4-5,9-10H2,1-2H3,(H2,24,26)/t23-/m1/s1. The molecule has 0 saturated heterocycles. The van der Waals surface area contributed by atoms with E-state index in [1.807, 2.05) is 24.5 Å². The van der Waals surface area contributed by atoms with E-state index in [1.54, 1.807) is 30.3 Å². The quantitative estimate of drug-likeness (QED) is 0.451. The molecule has 9 heteroatoms. The maximum atomic E-state index is 5.69. The van der Waals surface area contributed by atoms with Gasteiger partial charge in [0.2, 0.25) is 0 Å². The van der Waals surface area contributed by atoms with Crippen LogP contribution >= 0.6 is 0 Å². The Kier molecular flexibility index (Phi) is 5.18. The lowest BCUT2D eigenvalue weighted by Crippen LogP contribution is -2.28. The molecule has 1 saturated carbocycles. The molecule has 4 aromatic rings. The number of hydrogen-bond donors (Lipinski definition) is 1. The summed E-state index contributed by atoms with van der Waals surface area (Å²) < 4.78 is 12.5. The minimum atomic E-state index is -0.376. The van der Waals surface area contributed by atoms with Crippen LogP contribution < -0.4 is 5.73 Å². The second kappa shape index (κ2) is 8.16. The molecule has 32 heavy (non-hydrogen) atoms. The number of hydrogen-bond acceptors (Lipinski definition) is 8. The molecule has 1 fully saturated rings. The second-order valence-corrected chi connectivity index (χ2v) is 8.29. The minimum absolute atomic E-state index is 0.376. The van der Waals surface area contributed by atoms with Gasteiger partial charge in [-0.3, -0.25) is 9.67 Å². The number of nitrogens with zero attached hydrogens (tertiary/aromatic N) is 6. The van der Waals surface area contributed by atoms with Crippen molar-refractivity contribution in [2.24, 2.45) is 5.92 Å². The predicted octanol–water partition coefficient (Wildman–Crippen LogP) is 3.33. The predicted molar refractivity (Wildman–Crippen MR) is 118 cm³/mol. The van der Waals surface area contributed by atoms with Crippen molar-refractivity contribution in [3.05, 3.63) is 60.4 Å². The summed E-state index contributed by atoms with van der Waals surface area (Å²) in [5.74, 6) is 2.07. The van der Waals surface area contributed by atoms with Gasteiger partial charge in [-0.15, -0.1) is 0 Å². The molecule has 5 rings (SSSR count). The topological polar surface area (TPSA) is 118 Å². The fourth-order valence-electron chi connectivity index (χ4n) is 3.97. The zero-order chi connectivity index (χ0) is 22.1. The molecule has 1 atom stereocenters. The van der Waals surface area contributed by atoms with Gasteiger partial charge in [-0.25, -0.2) is 4.98 Å². The molecule has 2 N–H and O–H groups in total. The van der Waals surface area contributed by atoms with E-state index in [0.717, 1.165) is 35.2 Å². The summed E-state index contributed by atoms with van der Waals surface area (Å²) in [5.41, 5.74) is 8.94. The molecule has 0 unspecified atom stereocenters. The highest BCUT2D eigenvalue weighted by molar-refractivity contribution is 5.59. The summed E-state index contributed by atoms with van der Waals surface area (Å²) in [6, 6.07) is 7.79. The Labute approximate surface area is 185 Å². The number of nitrogen functional groups attached to an aromatic ring is 1. The highest BCUT2D eigenvalue weighted by Crippen LogP contribution is 2.50. The third-order valence-corrected chi connectivity index (χ3v) is 6.13. The molecule has 164 valence electrons. The van der Waals surface area contributed by atoms with Crippen LogP contribution in [0.5, 0.6) is 0 Å². The lowest BCUT2D eigenvalue weighted by atomic mass is 9.77. The van der Waals surface area contributed by atoms with Gasteiger partial charge in [-0.2, -0.15) is 10.1 Å². The van der Waals surface area contributed by atoms with Crippen molar-refractivity contribution in [1.29, 1.82) is 0 Å². The molecular weight excluding hydrogens is 406 g/mol. The highest BCUT2D eigenvalue weighted by Gasteiger charge is 2.47. The van der Waals surface area contributed by atoms with Gasteiger partial charge in [-0.05, 0) is 49.4 Å². The molecular formula is C23H25N7O2. The molecule has 4 heterocycles. The third-order valence-electron chi connectivity index (χ3n) is 6.13. The lowest BCUT2D eigenvalue weighted by Gasteiger charge is -2.26. The number of rotatable bonds is 8. The van der Waals surface area contributed by atoms with E-state index in [9.17, 15) is 0 Å². The van der Waals surface area contributed by atoms with E-state index >= 15 is 0 Å². The summed E-state index contributed by atoms with van der Waals surface area (Å²) in [7, 11) is 1.67. The maximum absolute atomic E-state index is 5.69. The van der Waals surface area contributed by atoms with Crippen molar-refractivity contribution >= 4 is 5.82 Å². The lowest BCUT2D eigenvalue weighted by molar-refractivity contribution is 0.183. The van der Waals surface area contributed by atoms with E-state index in [2.05, 4.69) is 33.2 Å². The van der Waals surface area contributed by atoms with Crippen LogP contribution in [0.15, 0.2) is 53.6 Å². The van der Waals surface area contributed by atoms with Crippen LogP contribution in [0.3, 0.4) is 0 Å². The van der Waals surface area contributed by atoms with Crippen molar-refractivity contribution in [1.82, 2.24) is 29.9 Å². The van der Waals surface area contributed by atoms with Gasteiger partial charge in [0, 0.05) is 31.3 Å². The minimum Gasteiger partial charge on any atom is -0.384 e. The van der Waals surface area contributed by atoms with Crippen LogP contribution in [0.4, 0.5) is 5.82 Å². The molecule has 0 amide bonds. The molecule has 9 nitrogen and oxygen atoms in total. The van der Waals surface area contributed by atoms with Crippen molar-refractivity contribution < 1.29 is 9.26 Å². The Morgan fingerprint density at radius 1 is 1.12 bits per heavy atom. The van der Waals surface area contributed by atoms with E-state index in [4.69, 9.17) is 20.0 Å². The van der Waals surface area contributed by atoms with Crippen LogP contribution in [0.1, 0.15) is 31.2 Å². The van der Waals surface area contributed by atoms with Gasteiger partial charge in [0.15, 0.2) is 5.82 Å². The van der Waals surface area contributed by atoms with Crippen LogP contribution in [-0.2, 0) is 16.7 Å². The van der Waals surface area contributed by atoms with Gasteiger partial charge in [0.1, 0.15) is 5.82 Å². The fraction of sp³-hybridized carbons (Fsp3) is 0.348. The maximum Gasteiger partial charge on any atom is 0.261 e. The normalized spacial score (nSPS) is 15.6. The Morgan fingerprint density at radius 3 is 2.69 bits per heavy atom. The summed E-state index contributed by atoms with van der Waals surface area (Å²) in [4.78, 5) is 13.6. The monoisotopic (exact) mass is 431 g/mol. The van der Waals surface area contributed by atoms with E-state index < -0.39 is 0 Å². The van der Waals surface area contributed by atoms with Gasteiger partial charge in [0.25, 0.3) is 5.89 Å². The SMILES string of the molecule is COCCn1cc(-c2nc([C@@](C)(c3ccc(-c4ccc(N)nc4)nc3)C3CC3)no2)cn1. The third kappa shape index (κ3) is 3.75. The summed E-state index contributed by atoms with van der Waals surface area (Å²) in [6.45, 7) is 3.42. The average molecular weight is 432 g/mol. The number of anilines is 1. The van der Waals surface area contributed by atoms with Crippen molar-refractivity contribution in [2.75, 3.05) is 19.5 Å². The van der Waals surface area contributed by atoms with Crippen LogP contribution in [0, 0.1) is 5.92 Å². The number of methoxy groups -OCH3 is 1. The Hall–Kier alpha value is -3.59. The van der Waals surface area contributed by atoms with E-state index in [-0.39, 0.29) is 5.41 Å². The molecule has 1 aliphatic rings. The number of aromatic nitrogens is 6. The van der Waals surface area contributed by atoms with E-state index in [1.165, 1.54) is 0 Å². The first-order valence-corrected chi connectivity index (χ1v) is 10.6. The summed E-state index contributed by atoms with van der Waals surface area (Å²) in [5, 5.41) is 8.70. The first-order valence-electron chi connectivity index (χ1n) is 10.6. The zero-order valence-electron chi connectivity index (χ0n) is 18.1. The molecule has 0 radical (unpaired) electrons. The van der Waals surface area contributed by atoms with Gasteiger partial charge in [0.05, 0.1) is 36.0 Å². The first-order chi connectivity index (χ1) is 15.6. The van der Waals surface area contributed by atoms with Crippen molar-refractivity contribution in [3.8, 4) is 22.7 Å². The molecule has 0 spiro atoms. The highest BCUT2D eigenvalue weighted by atomic mass is 16.5. The second-order valence-electron chi connectivity index (χ2n) is 8.29. The molecule has 0 aliphatic heterocycles. The van der Waals surface area contributed by atoms with Gasteiger partial charge < -0.3 is 15.0 Å². The molecule has 0 aromatic carbocycles. The van der Waals surface area contributed by atoms with Crippen LogP contribution in [0.25, 0.3) is 22.7 Å². The van der Waals surface area contributed by atoms with Gasteiger partial charge >= 0.3 is 0 Å². The van der Waals surface area contributed by atoms with Gasteiger partial charge in [-0.1, -0.05) is 11.2 Å². The first kappa shape index (κ1) is 20.3. The Balaban J connectivity index is 1.43. The number of pyridine rings is 2. The van der Waals surface area contributed by atoms with E-state index in [0.29, 0.717) is 36.6 Å². The molecule has 4 aromatic heterocycles. The summed E-state index contributed by atoms with van der Waals surface area (Å²) in [6.07, 6.45) is 9.51. The number of ether oxygens (including phenoxy) is 1. The summed E-state index contributed by atoms with van der Waals surface area (Å²) >= 11 is 0. The molecule has 1 aliphatic carbocycles. The largest absolute Gasteiger partial charge is 0.384 e.